The van der Waals surface area contributed by atoms with Gasteiger partial charge >= 0.3 is 0 Å². The molecule has 1 fully saturated rings. The van der Waals surface area contributed by atoms with Gasteiger partial charge in [0.15, 0.2) is 0 Å². The summed E-state index contributed by atoms with van der Waals surface area (Å²) in [5, 5.41) is 11.3. The Labute approximate surface area is 150 Å². The van der Waals surface area contributed by atoms with E-state index in [2.05, 4.69) is 9.97 Å². The van der Waals surface area contributed by atoms with Crippen LogP contribution in [0.4, 0.5) is 0 Å². The standard InChI is InChI=1S/C19H18ClN3O2/c20-14-4-5-16-12(7-14)8-18(22-16)19(25)23-9-13(11-24)15(10-23)17-3-1-2-6-21-17/h1-8,13,15,22,24H,9-11H2/t13-,15+/m0/s1. The van der Waals surface area contributed by atoms with Crippen molar-refractivity contribution in [2.45, 2.75) is 5.92 Å². The second kappa shape index (κ2) is 6.50. The Balaban J connectivity index is 1.59. The predicted octanol–water partition coefficient (Wildman–Crippen LogP) is 3.06. The van der Waals surface area contributed by atoms with Crippen LogP contribution in [-0.2, 0) is 0 Å². The summed E-state index contributed by atoms with van der Waals surface area (Å²) in [7, 11) is 0. The van der Waals surface area contributed by atoms with E-state index in [1.165, 1.54) is 0 Å². The molecule has 1 amide bonds. The minimum Gasteiger partial charge on any atom is -0.396 e. The first-order valence-electron chi connectivity index (χ1n) is 8.25. The molecule has 2 aromatic heterocycles. The second-order valence-corrected chi connectivity index (χ2v) is 6.86. The monoisotopic (exact) mass is 355 g/mol. The highest BCUT2D eigenvalue weighted by atomic mass is 35.5. The third-order valence-corrected chi connectivity index (χ3v) is 5.08. The highest BCUT2D eigenvalue weighted by Crippen LogP contribution is 2.32. The minimum atomic E-state index is -0.0656. The van der Waals surface area contributed by atoms with E-state index in [1.54, 1.807) is 17.2 Å². The molecule has 1 aliphatic rings. The number of likely N-dealkylation sites (tertiary alicyclic amines) is 1. The Morgan fingerprint density at radius 1 is 1.28 bits per heavy atom. The van der Waals surface area contributed by atoms with E-state index < -0.39 is 0 Å². The van der Waals surface area contributed by atoms with Crippen molar-refractivity contribution < 1.29 is 9.90 Å². The number of aromatic nitrogens is 2. The molecular weight excluding hydrogens is 338 g/mol. The van der Waals surface area contributed by atoms with Crippen LogP contribution in [0.1, 0.15) is 22.1 Å². The molecule has 3 heterocycles. The van der Waals surface area contributed by atoms with E-state index in [-0.39, 0.29) is 24.3 Å². The van der Waals surface area contributed by atoms with Gasteiger partial charge in [-0.05, 0) is 36.4 Å². The molecular formula is C19H18ClN3O2. The summed E-state index contributed by atoms with van der Waals surface area (Å²) in [6.45, 7) is 1.11. The first-order valence-corrected chi connectivity index (χ1v) is 8.63. The van der Waals surface area contributed by atoms with Crippen molar-refractivity contribution in [3.8, 4) is 0 Å². The van der Waals surface area contributed by atoms with Crippen molar-refractivity contribution in [1.29, 1.82) is 0 Å². The third-order valence-electron chi connectivity index (χ3n) is 4.84. The summed E-state index contributed by atoms with van der Waals surface area (Å²) in [5.74, 6) is -0.0177. The molecule has 128 valence electrons. The van der Waals surface area contributed by atoms with Crippen LogP contribution < -0.4 is 0 Å². The van der Waals surface area contributed by atoms with E-state index in [0.29, 0.717) is 23.8 Å². The molecule has 1 aliphatic heterocycles. The number of carbonyl (C=O) groups excluding carboxylic acids is 1. The average molecular weight is 356 g/mol. The van der Waals surface area contributed by atoms with Gasteiger partial charge in [-0.1, -0.05) is 17.7 Å². The number of pyridine rings is 1. The molecule has 5 nitrogen and oxygen atoms in total. The molecule has 0 radical (unpaired) electrons. The number of aromatic amines is 1. The van der Waals surface area contributed by atoms with Gasteiger partial charge in [0.25, 0.3) is 5.91 Å². The fourth-order valence-corrected chi connectivity index (χ4v) is 3.72. The zero-order chi connectivity index (χ0) is 17.4. The molecule has 6 heteroatoms. The predicted molar refractivity (Wildman–Crippen MR) is 96.8 cm³/mol. The fourth-order valence-electron chi connectivity index (χ4n) is 3.54. The molecule has 4 rings (SSSR count). The molecule has 0 unspecified atom stereocenters. The van der Waals surface area contributed by atoms with Gasteiger partial charge in [0, 0.05) is 59.3 Å². The largest absolute Gasteiger partial charge is 0.396 e. The van der Waals surface area contributed by atoms with Gasteiger partial charge in [-0.15, -0.1) is 0 Å². The number of carbonyl (C=O) groups is 1. The zero-order valence-corrected chi connectivity index (χ0v) is 14.3. The van der Waals surface area contributed by atoms with E-state index in [0.717, 1.165) is 16.6 Å². The lowest BCUT2D eigenvalue weighted by Crippen LogP contribution is -2.29. The Bertz CT molecular complexity index is 909. The molecule has 2 atom stereocenters. The number of nitrogens with zero attached hydrogens (tertiary/aromatic N) is 2. The highest BCUT2D eigenvalue weighted by molar-refractivity contribution is 6.31. The number of aliphatic hydroxyl groups is 1. The molecule has 3 aromatic rings. The van der Waals surface area contributed by atoms with Gasteiger partial charge < -0.3 is 15.0 Å². The smallest absolute Gasteiger partial charge is 0.270 e. The summed E-state index contributed by atoms with van der Waals surface area (Å²) in [6, 6.07) is 13.1. The van der Waals surface area contributed by atoms with Gasteiger partial charge in [0.05, 0.1) is 0 Å². The van der Waals surface area contributed by atoms with E-state index in [9.17, 15) is 9.90 Å². The highest BCUT2D eigenvalue weighted by Gasteiger charge is 2.37. The van der Waals surface area contributed by atoms with Gasteiger partial charge in [-0.25, -0.2) is 0 Å². The number of fused-ring (bicyclic) bond motifs is 1. The summed E-state index contributed by atoms with van der Waals surface area (Å²) >= 11 is 6.02. The Morgan fingerprint density at radius 2 is 2.16 bits per heavy atom. The van der Waals surface area contributed by atoms with Crippen LogP contribution in [0, 0.1) is 5.92 Å². The number of hydrogen-bond acceptors (Lipinski definition) is 3. The normalized spacial score (nSPS) is 20.3. The molecule has 1 aromatic carbocycles. The lowest BCUT2D eigenvalue weighted by molar-refractivity contribution is 0.0776. The van der Waals surface area contributed by atoms with Gasteiger partial charge in [0.1, 0.15) is 5.69 Å². The fraction of sp³-hybridized carbons (Fsp3) is 0.263. The first kappa shape index (κ1) is 16.1. The van der Waals surface area contributed by atoms with Crippen molar-refractivity contribution in [2.75, 3.05) is 19.7 Å². The number of halogens is 1. The minimum absolute atomic E-state index is 0.00215. The molecule has 0 spiro atoms. The van der Waals surface area contributed by atoms with Crippen LogP contribution in [0.25, 0.3) is 10.9 Å². The second-order valence-electron chi connectivity index (χ2n) is 6.43. The quantitative estimate of drug-likeness (QED) is 0.758. The van der Waals surface area contributed by atoms with Crippen LogP contribution in [0.5, 0.6) is 0 Å². The van der Waals surface area contributed by atoms with E-state index >= 15 is 0 Å². The van der Waals surface area contributed by atoms with Crippen LogP contribution in [0.2, 0.25) is 5.02 Å². The molecule has 0 aliphatic carbocycles. The third kappa shape index (κ3) is 3.01. The number of benzene rings is 1. The summed E-state index contributed by atoms with van der Waals surface area (Å²) in [5.41, 5.74) is 2.34. The molecule has 2 N–H and O–H groups in total. The van der Waals surface area contributed by atoms with Crippen LogP contribution >= 0.6 is 11.6 Å². The zero-order valence-electron chi connectivity index (χ0n) is 13.5. The van der Waals surface area contributed by atoms with Gasteiger partial charge in [0.2, 0.25) is 0 Å². The lowest BCUT2D eigenvalue weighted by atomic mass is 9.93. The molecule has 0 saturated carbocycles. The average Bonchev–Trinajstić information content (AvgIpc) is 3.25. The molecule has 0 bridgehead atoms. The number of rotatable bonds is 3. The van der Waals surface area contributed by atoms with Gasteiger partial charge in [-0.2, -0.15) is 0 Å². The summed E-state index contributed by atoms with van der Waals surface area (Å²) in [4.78, 5) is 22.2. The molecule has 25 heavy (non-hydrogen) atoms. The first-order chi connectivity index (χ1) is 12.2. The van der Waals surface area contributed by atoms with Crippen LogP contribution in [0.3, 0.4) is 0 Å². The maximum atomic E-state index is 12.9. The Hall–Kier alpha value is -2.37. The number of nitrogens with one attached hydrogen (secondary N) is 1. The number of aliphatic hydroxyl groups excluding tert-OH is 1. The number of amides is 1. The van der Waals surface area contributed by atoms with E-state index in [4.69, 9.17) is 11.6 Å². The van der Waals surface area contributed by atoms with Crippen molar-refractivity contribution in [3.05, 3.63) is 65.1 Å². The van der Waals surface area contributed by atoms with Gasteiger partial charge in [-0.3, -0.25) is 9.78 Å². The summed E-state index contributed by atoms with van der Waals surface area (Å²) < 4.78 is 0. The number of hydrogen-bond donors (Lipinski definition) is 2. The number of H-pyrrole nitrogens is 1. The van der Waals surface area contributed by atoms with Crippen molar-refractivity contribution in [3.63, 3.8) is 0 Å². The summed E-state index contributed by atoms with van der Waals surface area (Å²) in [6.07, 6.45) is 1.75. The van der Waals surface area contributed by atoms with Crippen molar-refractivity contribution in [1.82, 2.24) is 14.9 Å². The Morgan fingerprint density at radius 3 is 2.92 bits per heavy atom. The maximum absolute atomic E-state index is 12.9. The molecule has 1 saturated heterocycles. The maximum Gasteiger partial charge on any atom is 0.270 e. The topological polar surface area (TPSA) is 69.2 Å². The van der Waals surface area contributed by atoms with Crippen LogP contribution in [0.15, 0.2) is 48.7 Å². The van der Waals surface area contributed by atoms with Crippen molar-refractivity contribution >= 4 is 28.4 Å². The lowest BCUT2D eigenvalue weighted by Gasteiger charge is -2.15. The van der Waals surface area contributed by atoms with E-state index in [1.807, 2.05) is 36.4 Å². The van der Waals surface area contributed by atoms with Crippen LogP contribution in [-0.4, -0.2) is 45.6 Å². The van der Waals surface area contributed by atoms with Crippen molar-refractivity contribution in [2.24, 2.45) is 5.92 Å². The SMILES string of the molecule is O=C(c1cc2cc(Cl)ccc2[nH]1)N1C[C@@H](CO)[C@H](c2ccccn2)C1. The Kier molecular flexibility index (Phi) is 4.19.